The highest BCUT2D eigenvalue weighted by Gasteiger charge is 2.25. The Kier molecular flexibility index (Phi) is 9.76. The first-order valence-electron chi connectivity index (χ1n) is 9.85. The van der Waals surface area contributed by atoms with Gasteiger partial charge in [0.25, 0.3) is 5.91 Å². The van der Waals surface area contributed by atoms with Crippen LogP contribution in [0.3, 0.4) is 0 Å². The molecule has 2 heterocycles. The number of halogens is 2. The minimum atomic E-state index is -0.313. The minimum Gasteiger partial charge on any atom is -0.497 e. The Morgan fingerprint density at radius 1 is 1.29 bits per heavy atom. The van der Waals surface area contributed by atoms with Crippen molar-refractivity contribution in [1.82, 2.24) is 20.9 Å². The van der Waals surface area contributed by atoms with Crippen LogP contribution in [0, 0.1) is 5.82 Å². The summed E-state index contributed by atoms with van der Waals surface area (Å²) < 4.78 is 19.1. The van der Waals surface area contributed by atoms with Gasteiger partial charge in [0.1, 0.15) is 5.75 Å². The van der Waals surface area contributed by atoms with Crippen LogP contribution in [0.5, 0.6) is 5.75 Å². The van der Waals surface area contributed by atoms with E-state index in [0.717, 1.165) is 13.0 Å². The number of benzene rings is 1. The van der Waals surface area contributed by atoms with Gasteiger partial charge in [-0.3, -0.25) is 9.79 Å². The number of carbonyl (C=O) groups excluding carboxylic acids is 1. The van der Waals surface area contributed by atoms with Crippen LogP contribution < -0.4 is 25.6 Å². The van der Waals surface area contributed by atoms with Gasteiger partial charge in [0.05, 0.1) is 7.11 Å². The lowest BCUT2D eigenvalue weighted by Gasteiger charge is -2.20. The van der Waals surface area contributed by atoms with Gasteiger partial charge >= 0.3 is 0 Å². The Hall–Kier alpha value is -2.63. The van der Waals surface area contributed by atoms with Gasteiger partial charge in [-0.05, 0) is 36.8 Å². The molecule has 1 unspecified atom stereocenters. The number of rotatable bonds is 7. The van der Waals surface area contributed by atoms with E-state index in [2.05, 4.69) is 25.9 Å². The summed E-state index contributed by atoms with van der Waals surface area (Å²) >= 11 is 0. The molecule has 0 saturated carbocycles. The van der Waals surface area contributed by atoms with Crippen LogP contribution in [0.2, 0.25) is 0 Å². The summed E-state index contributed by atoms with van der Waals surface area (Å²) in [6.45, 7) is 2.31. The molecule has 1 fully saturated rings. The number of nitrogens with one attached hydrogen (secondary N) is 3. The summed E-state index contributed by atoms with van der Waals surface area (Å²) in [6.07, 6.45) is 2.45. The number of guanidine groups is 1. The lowest BCUT2D eigenvalue weighted by molar-refractivity contribution is 0.0954. The summed E-state index contributed by atoms with van der Waals surface area (Å²) in [5, 5.41) is 9.38. The van der Waals surface area contributed by atoms with Crippen molar-refractivity contribution in [3.8, 4) is 5.75 Å². The maximum atomic E-state index is 13.9. The van der Waals surface area contributed by atoms with Crippen molar-refractivity contribution in [3.05, 3.63) is 54.0 Å². The molecule has 1 aliphatic rings. The smallest absolute Gasteiger partial charge is 0.251 e. The molecule has 3 N–H and O–H groups in total. The van der Waals surface area contributed by atoms with Crippen molar-refractivity contribution >= 4 is 41.7 Å². The van der Waals surface area contributed by atoms with Gasteiger partial charge in [0.15, 0.2) is 17.6 Å². The zero-order valence-corrected chi connectivity index (χ0v) is 19.9. The van der Waals surface area contributed by atoms with E-state index in [0.29, 0.717) is 42.7 Å². The molecule has 1 aliphatic heterocycles. The van der Waals surface area contributed by atoms with Crippen molar-refractivity contribution < 1.29 is 13.9 Å². The average Bonchev–Trinajstić information content (AvgIpc) is 3.24. The molecular formula is C21H28FIN6O2. The Labute approximate surface area is 198 Å². The fourth-order valence-corrected chi connectivity index (χ4v) is 3.29. The molecule has 3 rings (SSSR count). The van der Waals surface area contributed by atoms with E-state index >= 15 is 0 Å². The number of carbonyl (C=O) groups is 1. The zero-order valence-electron chi connectivity index (χ0n) is 17.6. The first kappa shape index (κ1) is 24.6. The highest BCUT2D eigenvalue weighted by molar-refractivity contribution is 14.0. The molecule has 1 aromatic heterocycles. The Bertz CT molecular complexity index is 898. The molecule has 1 amide bonds. The first-order valence-corrected chi connectivity index (χ1v) is 9.85. The molecule has 31 heavy (non-hydrogen) atoms. The molecule has 1 saturated heterocycles. The quantitative estimate of drug-likeness (QED) is 0.215. The third-order valence-electron chi connectivity index (χ3n) is 4.83. The highest BCUT2D eigenvalue weighted by Crippen LogP contribution is 2.20. The van der Waals surface area contributed by atoms with Crippen LogP contribution >= 0.6 is 24.0 Å². The lowest BCUT2D eigenvalue weighted by atomic mass is 10.2. The number of pyridine rings is 1. The fourth-order valence-electron chi connectivity index (χ4n) is 3.29. The van der Waals surface area contributed by atoms with E-state index in [-0.39, 0.29) is 41.7 Å². The summed E-state index contributed by atoms with van der Waals surface area (Å²) in [5.41, 5.74) is 0.546. The van der Waals surface area contributed by atoms with Gasteiger partial charge in [-0.1, -0.05) is 6.07 Å². The molecule has 0 aliphatic carbocycles. The summed E-state index contributed by atoms with van der Waals surface area (Å²) in [7, 11) is 3.26. The third kappa shape index (κ3) is 6.94. The molecular weight excluding hydrogens is 514 g/mol. The van der Waals surface area contributed by atoms with Crippen LogP contribution in [-0.2, 0) is 0 Å². The van der Waals surface area contributed by atoms with E-state index in [4.69, 9.17) is 4.74 Å². The van der Waals surface area contributed by atoms with Crippen LogP contribution in [-0.4, -0.2) is 63.2 Å². The molecule has 1 atom stereocenters. The molecule has 1 aromatic carbocycles. The average molecular weight is 542 g/mol. The topological polar surface area (TPSA) is 90.9 Å². The van der Waals surface area contributed by atoms with E-state index in [1.165, 1.54) is 6.07 Å². The second-order valence-electron chi connectivity index (χ2n) is 6.87. The lowest BCUT2D eigenvalue weighted by Crippen LogP contribution is -2.46. The molecule has 0 radical (unpaired) electrons. The third-order valence-corrected chi connectivity index (χ3v) is 4.83. The zero-order chi connectivity index (χ0) is 21.3. The predicted octanol–water partition coefficient (Wildman–Crippen LogP) is 2.02. The Balaban J connectivity index is 0.00000341. The van der Waals surface area contributed by atoms with E-state index in [9.17, 15) is 9.18 Å². The van der Waals surface area contributed by atoms with E-state index in [1.54, 1.807) is 50.7 Å². The van der Waals surface area contributed by atoms with Crippen molar-refractivity contribution in [1.29, 1.82) is 0 Å². The SMILES string of the molecule is CN=C(NCCNC(=O)c1cccc(OC)c1)NC1CCN(c2ncccc2F)C1.I. The fraction of sp³-hybridized carbons (Fsp3) is 0.381. The second kappa shape index (κ2) is 12.3. The van der Waals surface area contributed by atoms with Gasteiger partial charge < -0.3 is 25.6 Å². The van der Waals surface area contributed by atoms with Crippen molar-refractivity contribution in [2.75, 3.05) is 45.2 Å². The monoisotopic (exact) mass is 542 g/mol. The maximum Gasteiger partial charge on any atom is 0.251 e. The number of amides is 1. The van der Waals surface area contributed by atoms with Gasteiger partial charge in [-0.15, -0.1) is 24.0 Å². The number of aromatic nitrogens is 1. The minimum absolute atomic E-state index is 0. The largest absolute Gasteiger partial charge is 0.497 e. The van der Waals surface area contributed by atoms with Gasteiger partial charge in [-0.2, -0.15) is 0 Å². The van der Waals surface area contributed by atoms with Crippen molar-refractivity contribution in [2.45, 2.75) is 12.5 Å². The van der Waals surface area contributed by atoms with Gasteiger partial charge in [0, 0.05) is 51.0 Å². The van der Waals surface area contributed by atoms with Crippen LogP contribution in [0.15, 0.2) is 47.6 Å². The molecule has 2 aromatic rings. The number of hydrogen-bond acceptors (Lipinski definition) is 5. The summed E-state index contributed by atoms with van der Waals surface area (Å²) in [4.78, 5) is 22.5. The molecule has 10 heteroatoms. The number of anilines is 1. The van der Waals surface area contributed by atoms with Crippen molar-refractivity contribution in [3.63, 3.8) is 0 Å². The van der Waals surface area contributed by atoms with Gasteiger partial charge in [-0.25, -0.2) is 9.37 Å². The van der Waals surface area contributed by atoms with E-state index in [1.807, 2.05) is 4.90 Å². The summed E-state index contributed by atoms with van der Waals surface area (Å²) in [5.74, 6) is 1.18. The molecule has 0 spiro atoms. The Morgan fingerprint density at radius 3 is 2.84 bits per heavy atom. The number of methoxy groups -OCH3 is 1. The predicted molar refractivity (Wildman–Crippen MR) is 130 cm³/mol. The van der Waals surface area contributed by atoms with Crippen molar-refractivity contribution in [2.24, 2.45) is 4.99 Å². The molecule has 0 bridgehead atoms. The van der Waals surface area contributed by atoms with Crippen LogP contribution in [0.4, 0.5) is 10.2 Å². The number of nitrogens with zero attached hydrogens (tertiary/aromatic N) is 3. The first-order chi connectivity index (χ1) is 14.6. The van der Waals surface area contributed by atoms with E-state index < -0.39 is 0 Å². The maximum absolute atomic E-state index is 13.9. The standard InChI is InChI=1S/C21H27FN6O2.HI/c1-23-21(26-11-10-25-20(29)15-5-3-6-17(13-15)30-2)27-16-8-12-28(14-16)19-18(22)7-4-9-24-19;/h3-7,9,13,16H,8,10-12,14H2,1-2H3,(H,25,29)(H2,23,26,27);1H. The number of aliphatic imine (C=N–C) groups is 1. The number of ether oxygens (including phenoxy) is 1. The second-order valence-corrected chi connectivity index (χ2v) is 6.87. The highest BCUT2D eigenvalue weighted by atomic mass is 127. The Morgan fingerprint density at radius 2 is 2.10 bits per heavy atom. The molecule has 8 nitrogen and oxygen atoms in total. The summed E-state index contributed by atoms with van der Waals surface area (Å²) in [6, 6.07) is 10.1. The normalized spacial score (nSPS) is 15.8. The van der Waals surface area contributed by atoms with Crippen LogP contribution in [0.1, 0.15) is 16.8 Å². The molecule has 168 valence electrons. The van der Waals surface area contributed by atoms with Gasteiger partial charge in [0.2, 0.25) is 0 Å². The van der Waals surface area contributed by atoms with Crippen LogP contribution in [0.25, 0.3) is 0 Å². The number of hydrogen-bond donors (Lipinski definition) is 3.